The van der Waals surface area contributed by atoms with Crippen LogP contribution in [0.3, 0.4) is 0 Å². The lowest BCUT2D eigenvalue weighted by atomic mass is 9.76. The van der Waals surface area contributed by atoms with Crippen LogP contribution in [0.15, 0.2) is 47.8 Å². The van der Waals surface area contributed by atoms with Crippen molar-refractivity contribution in [3.05, 3.63) is 47.8 Å². The first-order valence-electron chi connectivity index (χ1n) is 9.36. The Bertz CT molecular complexity index is 466. The molecule has 0 aliphatic heterocycles. The summed E-state index contributed by atoms with van der Waals surface area (Å²) in [5.74, 6) is 0.862. The summed E-state index contributed by atoms with van der Waals surface area (Å²) in [5, 5.41) is 0. The Labute approximate surface area is 144 Å². The van der Waals surface area contributed by atoms with Crippen LogP contribution in [0.1, 0.15) is 73.6 Å². The molecule has 0 heterocycles. The van der Waals surface area contributed by atoms with Gasteiger partial charge in [0.1, 0.15) is 5.60 Å². The molecule has 0 bridgehead atoms. The van der Waals surface area contributed by atoms with E-state index in [1.165, 1.54) is 5.57 Å². The average molecular weight is 317 g/mol. The molecule has 1 nitrogen and oxygen atoms in total. The molecule has 1 aliphatic rings. The van der Waals surface area contributed by atoms with Crippen LogP contribution < -0.4 is 0 Å². The summed E-state index contributed by atoms with van der Waals surface area (Å²) >= 11 is 0. The van der Waals surface area contributed by atoms with Crippen molar-refractivity contribution in [2.24, 2.45) is 11.8 Å². The average Bonchev–Trinajstić information content (AvgIpc) is 2.62. The highest BCUT2D eigenvalue weighted by Gasteiger charge is 2.36. The predicted octanol–water partition coefficient (Wildman–Crippen LogP) is 6.98. The Hall–Kier alpha value is -1.24. The predicted molar refractivity (Wildman–Crippen MR) is 102 cm³/mol. The summed E-state index contributed by atoms with van der Waals surface area (Å²) in [4.78, 5) is 0. The number of allylic oxidation sites excluding steroid dienone is 6. The molecule has 0 saturated carbocycles. The Kier molecular flexibility index (Phi) is 8.44. The van der Waals surface area contributed by atoms with Crippen molar-refractivity contribution in [2.75, 3.05) is 0 Å². The molecule has 1 aliphatic carbocycles. The van der Waals surface area contributed by atoms with Crippen molar-refractivity contribution in [1.29, 1.82) is 0 Å². The van der Waals surface area contributed by atoms with Gasteiger partial charge in [-0.15, -0.1) is 0 Å². The van der Waals surface area contributed by atoms with Gasteiger partial charge in [0.15, 0.2) is 0 Å². The van der Waals surface area contributed by atoms with Crippen molar-refractivity contribution in [3.8, 4) is 0 Å². The minimum absolute atomic E-state index is 0.157. The van der Waals surface area contributed by atoms with Gasteiger partial charge in [-0.2, -0.15) is 0 Å². The molecule has 3 unspecified atom stereocenters. The molecule has 23 heavy (non-hydrogen) atoms. The molecular formula is C22H36O. The molecule has 0 aromatic rings. The van der Waals surface area contributed by atoms with Gasteiger partial charge in [-0.05, 0) is 45.4 Å². The minimum Gasteiger partial charge on any atom is -0.495 e. The highest BCUT2D eigenvalue weighted by Crippen LogP contribution is 2.37. The van der Waals surface area contributed by atoms with Crippen molar-refractivity contribution in [1.82, 2.24) is 0 Å². The van der Waals surface area contributed by atoms with Crippen molar-refractivity contribution >= 4 is 0 Å². The van der Waals surface area contributed by atoms with Crippen LogP contribution in [0, 0.1) is 11.8 Å². The third kappa shape index (κ3) is 5.71. The lowest BCUT2D eigenvalue weighted by Crippen LogP contribution is -2.38. The molecule has 130 valence electrons. The molecule has 0 radical (unpaired) electrons. The molecule has 1 rings (SSSR count). The van der Waals surface area contributed by atoms with Gasteiger partial charge in [0.25, 0.3) is 0 Å². The van der Waals surface area contributed by atoms with E-state index in [4.69, 9.17) is 4.74 Å². The van der Waals surface area contributed by atoms with Crippen LogP contribution in [0.5, 0.6) is 0 Å². The van der Waals surface area contributed by atoms with E-state index < -0.39 is 0 Å². The number of rotatable bonds is 7. The van der Waals surface area contributed by atoms with E-state index in [9.17, 15) is 0 Å². The van der Waals surface area contributed by atoms with Gasteiger partial charge in [-0.1, -0.05) is 75.6 Å². The van der Waals surface area contributed by atoms with Gasteiger partial charge in [0, 0.05) is 5.92 Å². The Morgan fingerprint density at radius 1 is 1.26 bits per heavy atom. The zero-order valence-electron chi connectivity index (χ0n) is 16.1. The van der Waals surface area contributed by atoms with Crippen LogP contribution in [0.25, 0.3) is 0 Å². The maximum atomic E-state index is 6.22. The SMILES string of the molecule is CC=COC(C)(CCC)C1C=CC(CC)=CCC(CC)=CC1C. The van der Waals surface area contributed by atoms with E-state index in [-0.39, 0.29) is 5.60 Å². The van der Waals surface area contributed by atoms with Crippen LogP contribution in [-0.2, 0) is 4.74 Å². The lowest BCUT2D eigenvalue weighted by Gasteiger charge is -2.38. The Morgan fingerprint density at radius 3 is 2.57 bits per heavy atom. The van der Waals surface area contributed by atoms with E-state index >= 15 is 0 Å². The van der Waals surface area contributed by atoms with Crippen LogP contribution in [0.4, 0.5) is 0 Å². The summed E-state index contributed by atoms with van der Waals surface area (Å²) in [5.41, 5.74) is 2.82. The molecule has 1 heteroatoms. The third-order valence-electron chi connectivity index (χ3n) is 5.00. The van der Waals surface area contributed by atoms with Gasteiger partial charge in [-0.25, -0.2) is 0 Å². The topological polar surface area (TPSA) is 9.23 Å². The number of hydrogen-bond donors (Lipinski definition) is 0. The second kappa shape index (κ2) is 9.80. The summed E-state index contributed by atoms with van der Waals surface area (Å²) in [7, 11) is 0. The summed E-state index contributed by atoms with van der Waals surface area (Å²) in [6.45, 7) is 13.4. The fourth-order valence-corrected chi connectivity index (χ4v) is 3.58. The Morgan fingerprint density at radius 2 is 2.00 bits per heavy atom. The van der Waals surface area contributed by atoms with Crippen LogP contribution in [-0.4, -0.2) is 5.60 Å². The summed E-state index contributed by atoms with van der Waals surface area (Å²) in [6.07, 6.45) is 19.0. The molecule has 0 saturated heterocycles. The van der Waals surface area contributed by atoms with Gasteiger partial charge >= 0.3 is 0 Å². The second-order valence-electron chi connectivity index (χ2n) is 6.91. The number of hydrogen-bond acceptors (Lipinski definition) is 1. The summed E-state index contributed by atoms with van der Waals surface area (Å²) in [6, 6.07) is 0. The smallest absolute Gasteiger partial charge is 0.112 e. The van der Waals surface area contributed by atoms with E-state index in [2.05, 4.69) is 58.9 Å². The zero-order valence-corrected chi connectivity index (χ0v) is 16.1. The maximum absolute atomic E-state index is 6.22. The quantitative estimate of drug-likeness (QED) is 0.363. The highest BCUT2D eigenvalue weighted by atomic mass is 16.5. The second-order valence-corrected chi connectivity index (χ2v) is 6.91. The van der Waals surface area contributed by atoms with E-state index in [0.717, 1.165) is 32.1 Å². The molecule has 0 aromatic heterocycles. The van der Waals surface area contributed by atoms with E-state index in [0.29, 0.717) is 11.8 Å². The van der Waals surface area contributed by atoms with Gasteiger partial charge in [0.2, 0.25) is 0 Å². The van der Waals surface area contributed by atoms with Crippen molar-refractivity contribution in [3.63, 3.8) is 0 Å². The van der Waals surface area contributed by atoms with Crippen LogP contribution >= 0.6 is 0 Å². The zero-order chi connectivity index (χ0) is 17.3. The standard InChI is InChI=1S/C22H36O/c1-7-15-22(6,23-16-8-2)21-14-13-19(9-3)11-12-20(10-4)17-18(21)5/h8,11,13-14,16-18,21H,7,9-10,12,15H2,1-6H3. The molecular weight excluding hydrogens is 280 g/mol. The molecule has 0 fully saturated rings. The Balaban J connectivity index is 3.25. The first kappa shape index (κ1) is 19.8. The van der Waals surface area contributed by atoms with Crippen LogP contribution in [0.2, 0.25) is 0 Å². The van der Waals surface area contributed by atoms with E-state index in [1.807, 2.05) is 19.3 Å². The fraction of sp³-hybridized carbons (Fsp3) is 0.636. The molecule has 0 N–H and O–H groups in total. The van der Waals surface area contributed by atoms with E-state index in [1.54, 1.807) is 5.57 Å². The summed E-state index contributed by atoms with van der Waals surface area (Å²) < 4.78 is 6.22. The largest absolute Gasteiger partial charge is 0.495 e. The highest BCUT2D eigenvalue weighted by molar-refractivity contribution is 5.25. The van der Waals surface area contributed by atoms with Gasteiger partial charge < -0.3 is 4.74 Å². The first-order valence-corrected chi connectivity index (χ1v) is 9.36. The first-order chi connectivity index (χ1) is 11.0. The maximum Gasteiger partial charge on any atom is 0.112 e. The number of ether oxygens (including phenoxy) is 1. The lowest BCUT2D eigenvalue weighted by molar-refractivity contribution is -0.0184. The molecule has 0 aromatic carbocycles. The normalized spacial score (nSPS) is 25.1. The fourth-order valence-electron chi connectivity index (χ4n) is 3.58. The monoisotopic (exact) mass is 316 g/mol. The van der Waals surface area contributed by atoms with Crippen molar-refractivity contribution < 1.29 is 4.74 Å². The van der Waals surface area contributed by atoms with Gasteiger partial charge in [-0.3, -0.25) is 0 Å². The molecule has 0 spiro atoms. The van der Waals surface area contributed by atoms with Crippen molar-refractivity contribution in [2.45, 2.75) is 79.2 Å². The third-order valence-corrected chi connectivity index (χ3v) is 5.00. The van der Waals surface area contributed by atoms with Gasteiger partial charge in [0.05, 0.1) is 6.26 Å². The minimum atomic E-state index is -0.157. The molecule has 0 amide bonds. The molecule has 3 atom stereocenters.